The molecule has 4 heteroatoms. The van der Waals surface area contributed by atoms with E-state index >= 15 is 0 Å². The van der Waals surface area contributed by atoms with Crippen LogP contribution in [0, 0.1) is 0 Å². The molecular weight excluding hydrogens is 257 g/mol. The van der Waals surface area contributed by atoms with Gasteiger partial charge in [0, 0.05) is 28.2 Å². The molecule has 0 saturated carbocycles. The van der Waals surface area contributed by atoms with Gasteiger partial charge in [-0.3, -0.25) is 0 Å². The van der Waals surface area contributed by atoms with Crippen molar-refractivity contribution in [1.29, 1.82) is 0 Å². The maximum Gasteiger partial charge on any atom is 0.0957 e. The number of nitrogens with one attached hydrogen (secondary N) is 1. The van der Waals surface area contributed by atoms with E-state index in [0.717, 1.165) is 6.42 Å². The van der Waals surface area contributed by atoms with Gasteiger partial charge in [0.15, 0.2) is 0 Å². The Labute approximate surface area is 112 Å². The summed E-state index contributed by atoms with van der Waals surface area (Å²) in [5, 5.41) is 14.5. The minimum absolute atomic E-state index is 0.0494. The molecule has 1 rings (SSSR count). The second-order valence-corrected chi connectivity index (χ2v) is 4.67. The Kier molecular flexibility index (Phi) is 6.00. The van der Waals surface area contributed by atoms with Crippen molar-refractivity contribution in [2.24, 2.45) is 0 Å². The summed E-state index contributed by atoms with van der Waals surface area (Å²) in [5.74, 6) is 0. The number of aliphatic hydroxyl groups excluding tert-OH is 1. The van der Waals surface area contributed by atoms with Crippen LogP contribution in [-0.2, 0) is 0 Å². The van der Waals surface area contributed by atoms with Crippen molar-refractivity contribution in [3.05, 3.63) is 46.5 Å². The zero-order valence-electron chi connectivity index (χ0n) is 9.79. The van der Waals surface area contributed by atoms with Gasteiger partial charge in [-0.05, 0) is 18.6 Å². The highest BCUT2D eigenvalue weighted by Crippen LogP contribution is 2.28. The van der Waals surface area contributed by atoms with Gasteiger partial charge in [0.05, 0.1) is 6.10 Å². The zero-order chi connectivity index (χ0) is 12.8. The monoisotopic (exact) mass is 273 g/mol. The molecule has 17 heavy (non-hydrogen) atoms. The van der Waals surface area contributed by atoms with Crippen molar-refractivity contribution < 1.29 is 5.11 Å². The van der Waals surface area contributed by atoms with E-state index in [0.29, 0.717) is 22.2 Å². The lowest BCUT2D eigenvalue weighted by Crippen LogP contribution is -2.34. The summed E-state index contributed by atoms with van der Waals surface area (Å²) in [6, 6.07) is 5.08. The second-order valence-electron chi connectivity index (χ2n) is 3.82. The molecule has 0 aliphatic rings. The number of rotatable bonds is 6. The molecule has 2 unspecified atom stereocenters. The third-order valence-corrected chi connectivity index (χ3v) is 3.19. The number of halogens is 2. The van der Waals surface area contributed by atoms with E-state index in [2.05, 4.69) is 11.9 Å². The number of hydrogen-bond acceptors (Lipinski definition) is 2. The first kappa shape index (κ1) is 14.5. The van der Waals surface area contributed by atoms with Gasteiger partial charge in [-0.2, -0.15) is 0 Å². The average molecular weight is 274 g/mol. The highest BCUT2D eigenvalue weighted by Gasteiger charge is 2.20. The van der Waals surface area contributed by atoms with Gasteiger partial charge in [-0.25, -0.2) is 0 Å². The van der Waals surface area contributed by atoms with Gasteiger partial charge >= 0.3 is 0 Å². The normalized spacial score (nSPS) is 14.4. The summed E-state index contributed by atoms with van der Waals surface area (Å²) < 4.78 is 0. The van der Waals surface area contributed by atoms with Gasteiger partial charge in [0.25, 0.3) is 0 Å². The molecule has 0 heterocycles. The molecule has 0 aromatic heterocycles. The Bertz CT molecular complexity index is 382. The summed E-state index contributed by atoms with van der Waals surface area (Å²) >= 11 is 11.9. The van der Waals surface area contributed by atoms with Gasteiger partial charge in [0.1, 0.15) is 0 Å². The Morgan fingerprint density at radius 2 is 2.18 bits per heavy atom. The van der Waals surface area contributed by atoms with Crippen molar-refractivity contribution in [2.75, 3.05) is 6.54 Å². The second kappa shape index (κ2) is 7.02. The molecule has 0 aliphatic carbocycles. The summed E-state index contributed by atoms with van der Waals surface area (Å²) in [6.45, 7) is 6.30. The van der Waals surface area contributed by atoms with E-state index < -0.39 is 6.10 Å². The number of hydrogen-bond donors (Lipinski definition) is 2. The molecule has 0 radical (unpaired) electrons. The van der Waals surface area contributed by atoms with Crippen LogP contribution in [0.1, 0.15) is 25.0 Å². The van der Waals surface area contributed by atoms with Crippen molar-refractivity contribution in [1.82, 2.24) is 5.32 Å². The predicted molar refractivity (Wildman–Crippen MR) is 73.7 cm³/mol. The van der Waals surface area contributed by atoms with E-state index in [1.807, 2.05) is 6.92 Å². The molecule has 2 nitrogen and oxygen atoms in total. The molecule has 0 bridgehead atoms. The van der Waals surface area contributed by atoms with E-state index in [9.17, 15) is 5.11 Å². The molecule has 0 aliphatic heterocycles. The summed E-state index contributed by atoms with van der Waals surface area (Å²) in [6.07, 6.45) is 1.91. The standard InChI is InChI=1S/C13H17Cl2NO/c1-3-7-16-12(4-2)13(17)10-6-5-9(14)8-11(10)15/h3,5-6,8,12-13,16-17H,1,4,7H2,2H3. The Morgan fingerprint density at radius 1 is 1.47 bits per heavy atom. The number of aliphatic hydroxyl groups is 1. The number of benzene rings is 1. The van der Waals surface area contributed by atoms with Crippen molar-refractivity contribution >= 4 is 23.2 Å². The Hall–Kier alpha value is -0.540. The molecule has 0 fully saturated rings. The maximum atomic E-state index is 10.3. The SMILES string of the molecule is C=CCNC(CC)C(O)c1ccc(Cl)cc1Cl. The van der Waals surface area contributed by atoms with Crippen LogP contribution in [-0.4, -0.2) is 17.7 Å². The third kappa shape index (κ3) is 4.00. The minimum Gasteiger partial charge on any atom is -0.387 e. The molecule has 94 valence electrons. The first-order chi connectivity index (χ1) is 8.10. The fraction of sp³-hybridized carbons (Fsp3) is 0.385. The van der Waals surface area contributed by atoms with Crippen LogP contribution in [0.4, 0.5) is 0 Å². The first-order valence-electron chi connectivity index (χ1n) is 5.57. The summed E-state index contributed by atoms with van der Waals surface area (Å²) in [7, 11) is 0. The lowest BCUT2D eigenvalue weighted by molar-refractivity contribution is 0.128. The van der Waals surface area contributed by atoms with Crippen LogP contribution < -0.4 is 5.32 Å². The topological polar surface area (TPSA) is 32.3 Å². The molecule has 2 atom stereocenters. The quantitative estimate of drug-likeness (QED) is 0.777. The van der Waals surface area contributed by atoms with Gasteiger partial charge < -0.3 is 10.4 Å². The van der Waals surface area contributed by atoms with Crippen molar-refractivity contribution in [3.63, 3.8) is 0 Å². The molecule has 1 aromatic carbocycles. The van der Waals surface area contributed by atoms with E-state index in [-0.39, 0.29) is 6.04 Å². The molecule has 2 N–H and O–H groups in total. The molecule has 0 saturated heterocycles. The molecule has 1 aromatic rings. The molecule has 0 spiro atoms. The van der Waals surface area contributed by atoms with Crippen molar-refractivity contribution in [3.8, 4) is 0 Å². The van der Waals surface area contributed by atoms with E-state index in [4.69, 9.17) is 23.2 Å². The van der Waals surface area contributed by atoms with Crippen LogP contribution in [0.5, 0.6) is 0 Å². The van der Waals surface area contributed by atoms with Crippen molar-refractivity contribution in [2.45, 2.75) is 25.5 Å². The van der Waals surface area contributed by atoms with Gasteiger partial charge in [0.2, 0.25) is 0 Å². The largest absolute Gasteiger partial charge is 0.387 e. The van der Waals surface area contributed by atoms with Crippen LogP contribution in [0.2, 0.25) is 10.0 Å². The predicted octanol–water partition coefficient (Wildman–Crippen LogP) is 3.58. The fourth-order valence-corrected chi connectivity index (χ4v) is 2.19. The maximum absolute atomic E-state index is 10.3. The van der Waals surface area contributed by atoms with Crippen LogP contribution >= 0.6 is 23.2 Å². The fourth-order valence-electron chi connectivity index (χ4n) is 1.67. The highest BCUT2D eigenvalue weighted by molar-refractivity contribution is 6.35. The summed E-state index contributed by atoms with van der Waals surface area (Å²) in [4.78, 5) is 0. The van der Waals surface area contributed by atoms with Crippen LogP contribution in [0.3, 0.4) is 0 Å². The lowest BCUT2D eigenvalue weighted by Gasteiger charge is -2.23. The van der Waals surface area contributed by atoms with Crippen LogP contribution in [0.15, 0.2) is 30.9 Å². The lowest BCUT2D eigenvalue weighted by atomic mass is 10.0. The Balaban J connectivity index is 2.85. The van der Waals surface area contributed by atoms with E-state index in [1.165, 1.54) is 0 Å². The average Bonchev–Trinajstić information content (AvgIpc) is 2.29. The Morgan fingerprint density at radius 3 is 2.71 bits per heavy atom. The summed E-state index contributed by atoms with van der Waals surface area (Å²) in [5.41, 5.74) is 0.694. The van der Waals surface area contributed by atoms with Crippen LogP contribution in [0.25, 0.3) is 0 Å². The smallest absolute Gasteiger partial charge is 0.0957 e. The highest BCUT2D eigenvalue weighted by atomic mass is 35.5. The molecule has 0 amide bonds. The van der Waals surface area contributed by atoms with Gasteiger partial charge in [-0.1, -0.05) is 42.3 Å². The van der Waals surface area contributed by atoms with E-state index in [1.54, 1.807) is 24.3 Å². The zero-order valence-corrected chi connectivity index (χ0v) is 11.3. The van der Waals surface area contributed by atoms with Gasteiger partial charge in [-0.15, -0.1) is 6.58 Å². The minimum atomic E-state index is -0.648. The first-order valence-corrected chi connectivity index (χ1v) is 6.33. The third-order valence-electron chi connectivity index (χ3n) is 2.63. The molecular formula is C13H17Cl2NO.